The highest BCUT2D eigenvalue weighted by Crippen LogP contribution is 2.24. The third-order valence-corrected chi connectivity index (χ3v) is 4.27. The summed E-state index contributed by atoms with van der Waals surface area (Å²) in [5.41, 5.74) is 0.0524. The summed E-state index contributed by atoms with van der Waals surface area (Å²) >= 11 is 5.84. The molecule has 0 atom stereocenters. The Kier molecular flexibility index (Phi) is 6.23. The molecule has 0 aliphatic heterocycles. The molecule has 9 nitrogen and oxygen atoms in total. The number of hydrogen-bond acceptors (Lipinski definition) is 6. The predicted octanol–water partition coefficient (Wildman–Crippen LogP) is 4.99. The number of rotatable bonds is 7. The van der Waals surface area contributed by atoms with Crippen molar-refractivity contribution in [3.05, 3.63) is 103 Å². The minimum atomic E-state index is -0.795. The molecule has 3 rings (SSSR count). The number of nitrogens with one attached hydrogen (secondary N) is 1. The number of amides is 1. The number of carbonyl (C=O) groups is 1. The van der Waals surface area contributed by atoms with Gasteiger partial charge in [-0.05, 0) is 42.0 Å². The lowest BCUT2D eigenvalue weighted by Crippen LogP contribution is -2.12. The van der Waals surface area contributed by atoms with Crippen LogP contribution < -0.4 is 10.1 Å². The van der Waals surface area contributed by atoms with Gasteiger partial charge in [0, 0.05) is 22.8 Å². The molecule has 0 aliphatic carbocycles. The monoisotopic (exact) mass is 427 g/mol. The van der Waals surface area contributed by atoms with Crippen LogP contribution in [0.4, 0.5) is 17.1 Å². The van der Waals surface area contributed by atoms with Crippen molar-refractivity contribution in [2.45, 2.75) is 6.61 Å². The van der Waals surface area contributed by atoms with E-state index in [-0.39, 0.29) is 5.56 Å². The molecule has 0 bridgehead atoms. The van der Waals surface area contributed by atoms with Gasteiger partial charge in [-0.2, -0.15) is 0 Å². The summed E-state index contributed by atoms with van der Waals surface area (Å²) in [6.07, 6.45) is 0. The smallest absolute Gasteiger partial charge is 0.277 e. The number of non-ortho nitro benzene ring substituents is 2. The van der Waals surface area contributed by atoms with Crippen molar-refractivity contribution in [3.63, 3.8) is 0 Å². The van der Waals surface area contributed by atoms with E-state index < -0.39 is 27.1 Å². The molecule has 0 aliphatic rings. The summed E-state index contributed by atoms with van der Waals surface area (Å²) in [5.74, 6) is -0.148. The molecule has 0 saturated heterocycles. The van der Waals surface area contributed by atoms with Crippen LogP contribution in [0.3, 0.4) is 0 Å². The first-order valence-electron chi connectivity index (χ1n) is 8.54. The van der Waals surface area contributed by atoms with Crippen molar-refractivity contribution in [2.24, 2.45) is 0 Å². The first kappa shape index (κ1) is 20.7. The van der Waals surface area contributed by atoms with E-state index >= 15 is 0 Å². The Morgan fingerprint density at radius 3 is 2.00 bits per heavy atom. The van der Waals surface area contributed by atoms with E-state index in [0.29, 0.717) is 23.1 Å². The van der Waals surface area contributed by atoms with Gasteiger partial charge in [0.2, 0.25) is 0 Å². The largest absolute Gasteiger partial charge is 0.489 e. The molecule has 1 amide bonds. The normalized spacial score (nSPS) is 10.3. The molecular formula is C20H14ClN3O6. The van der Waals surface area contributed by atoms with Crippen molar-refractivity contribution in [3.8, 4) is 5.75 Å². The Labute approximate surface area is 175 Å². The molecule has 0 unspecified atom stereocenters. The first-order chi connectivity index (χ1) is 14.3. The second kappa shape index (κ2) is 9.01. The van der Waals surface area contributed by atoms with Gasteiger partial charge in [-0.3, -0.25) is 25.0 Å². The Morgan fingerprint density at radius 1 is 0.900 bits per heavy atom. The van der Waals surface area contributed by atoms with E-state index in [4.69, 9.17) is 16.3 Å². The fourth-order valence-electron chi connectivity index (χ4n) is 2.52. The van der Waals surface area contributed by atoms with Gasteiger partial charge in [-0.15, -0.1) is 0 Å². The van der Waals surface area contributed by atoms with Gasteiger partial charge in [0.05, 0.1) is 21.5 Å². The van der Waals surface area contributed by atoms with Crippen LogP contribution in [-0.2, 0) is 6.61 Å². The van der Waals surface area contributed by atoms with Gasteiger partial charge in [0.25, 0.3) is 17.3 Å². The van der Waals surface area contributed by atoms with Gasteiger partial charge >= 0.3 is 0 Å². The average molecular weight is 428 g/mol. The van der Waals surface area contributed by atoms with E-state index in [2.05, 4.69) is 5.32 Å². The van der Waals surface area contributed by atoms with E-state index in [0.717, 1.165) is 23.8 Å². The van der Waals surface area contributed by atoms with E-state index in [1.165, 1.54) is 0 Å². The van der Waals surface area contributed by atoms with Gasteiger partial charge < -0.3 is 10.1 Å². The number of anilines is 1. The van der Waals surface area contributed by atoms with Crippen LogP contribution in [0.15, 0.2) is 66.7 Å². The van der Waals surface area contributed by atoms with Gasteiger partial charge in [-0.1, -0.05) is 23.7 Å². The van der Waals surface area contributed by atoms with Crippen molar-refractivity contribution >= 4 is 34.6 Å². The van der Waals surface area contributed by atoms with Crippen LogP contribution in [0.1, 0.15) is 15.9 Å². The third kappa shape index (κ3) is 5.30. The second-order valence-corrected chi connectivity index (χ2v) is 6.58. The molecular weight excluding hydrogens is 414 g/mol. The molecule has 10 heteroatoms. The minimum absolute atomic E-state index is 0.195. The third-order valence-electron chi connectivity index (χ3n) is 4.02. The highest BCUT2D eigenvalue weighted by atomic mass is 35.5. The minimum Gasteiger partial charge on any atom is -0.489 e. The van der Waals surface area contributed by atoms with E-state index in [1.807, 2.05) is 12.1 Å². The molecule has 0 fully saturated rings. The zero-order valence-electron chi connectivity index (χ0n) is 15.3. The molecule has 152 valence electrons. The van der Waals surface area contributed by atoms with Gasteiger partial charge in [0.1, 0.15) is 12.4 Å². The predicted molar refractivity (Wildman–Crippen MR) is 110 cm³/mol. The number of nitrogens with zero attached hydrogens (tertiary/aromatic N) is 2. The zero-order chi connectivity index (χ0) is 21.7. The number of ether oxygens (including phenoxy) is 1. The molecule has 3 aromatic rings. The van der Waals surface area contributed by atoms with Crippen LogP contribution in [-0.4, -0.2) is 15.8 Å². The summed E-state index contributed by atoms with van der Waals surface area (Å²) in [6, 6.07) is 16.4. The lowest BCUT2D eigenvalue weighted by atomic mass is 10.1. The van der Waals surface area contributed by atoms with Crippen LogP contribution in [0, 0.1) is 20.2 Å². The highest BCUT2D eigenvalue weighted by Gasteiger charge is 2.20. The fourth-order valence-corrected chi connectivity index (χ4v) is 2.65. The maximum atomic E-state index is 12.4. The highest BCUT2D eigenvalue weighted by molar-refractivity contribution is 6.30. The molecule has 0 saturated carbocycles. The molecule has 30 heavy (non-hydrogen) atoms. The SMILES string of the molecule is O=C(Nc1ccc(OCc2ccc(Cl)cc2)cc1)c1cc([N+](=O)[O-])cc([N+](=O)[O-])c1. The molecule has 0 spiro atoms. The number of benzene rings is 3. The standard InChI is InChI=1S/C20H14ClN3O6/c21-15-3-1-13(2-4-15)12-30-19-7-5-16(6-8-19)22-20(25)14-9-17(23(26)27)11-18(10-14)24(28)29/h1-11H,12H2,(H,22,25). The fraction of sp³-hybridized carbons (Fsp3) is 0.0500. The van der Waals surface area contributed by atoms with Crippen molar-refractivity contribution < 1.29 is 19.4 Å². The summed E-state index contributed by atoms with van der Waals surface area (Å²) in [4.78, 5) is 32.7. The summed E-state index contributed by atoms with van der Waals surface area (Å²) in [5, 5.41) is 25.1. The number of nitro benzene ring substituents is 2. The Bertz CT molecular complexity index is 1070. The quantitative estimate of drug-likeness (QED) is 0.418. The van der Waals surface area contributed by atoms with Gasteiger partial charge in [0.15, 0.2) is 0 Å². The van der Waals surface area contributed by atoms with Crippen LogP contribution in [0.2, 0.25) is 5.02 Å². The van der Waals surface area contributed by atoms with Crippen molar-refractivity contribution in [1.29, 1.82) is 0 Å². The van der Waals surface area contributed by atoms with Crippen LogP contribution >= 0.6 is 11.6 Å². The summed E-state index contributed by atoms with van der Waals surface area (Å²) in [7, 11) is 0. The Morgan fingerprint density at radius 2 is 1.47 bits per heavy atom. The first-order valence-corrected chi connectivity index (χ1v) is 8.92. The van der Waals surface area contributed by atoms with Gasteiger partial charge in [-0.25, -0.2) is 0 Å². The Hall–Kier alpha value is -3.98. The molecule has 3 aromatic carbocycles. The van der Waals surface area contributed by atoms with Crippen molar-refractivity contribution in [1.82, 2.24) is 0 Å². The number of hydrogen-bond donors (Lipinski definition) is 1. The lowest BCUT2D eigenvalue weighted by Gasteiger charge is -2.09. The molecule has 1 N–H and O–H groups in total. The van der Waals surface area contributed by atoms with E-state index in [9.17, 15) is 25.0 Å². The Balaban J connectivity index is 1.67. The second-order valence-electron chi connectivity index (χ2n) is 6.15. The van der Waals surface area contributed by atoms with Crippen molar-refractivity contribution in [2.75, 3.05) is 5.32 Å². The molecule has 0 radical (unpaired) electrons. The maximum absolute atomic E-state index is 12.4. The lowest BCUT2D eigenvalue weighted by molar-refractivity contribution is -0.394. The zero-order valence-corrected chi connectivity index (χ0v) is 16.0. The molecule has 0 aromatic heterocycles. The number of nitro groups is 2. The van der Waals surface area contributed by atoms with E-state index in [1.54, 1.807) is 36.4 Å². The maximum Gasteiger partial charge on any atom is 0.277 e. The summed E-state index contributed by atoms with van der Waals surface area (Å²) < 4.78 is 5.65. The number of carbonyl (C=O) groups excluding carboxylic acids is 1. The summed E-state index contributed by atoms with van der Waals surface area (Å²) in [6.45, 7) is 0.334. The molecule has 0 heterocycles. The topological polar surface area (TPSA) is 125 Å². The van der Waals surface area contributed by atoms with Crippen LogP contribution in [0.25, 0.3) is 0 Å². The average Bonchev–Trinajstić information content (AvgIpc) is 2.74. The number of halogens is 1. The van der Waals surface area contributed by atoms with Crippen LogP contribution in [0.5, 0.6) is 5.75 Å².